The van der Waals surface area contributed by atoms with Crippen molar-refractivity contribution in [3.63, 3.8) is 0 Å². The number of quaternary nitrogens is 1. The molecule has 0 atom stereocenters. The van der Waals surface area contributed by atoms with E-state index in [-0.39, 0.29) is 0 Å². The summed E-state index contributed by atoms with van der Waals surface area (Å²) in [6.45, 7) is 0. The molecule has 10 heavy (non-hydrogen) atoms. The van der Waals surface area contributed by atoms with Crippen LogP contribution in [0.2, 0.25) is 10.0 Å². The number of rotatable bonds is 1. The van der Waals surface area contributed by atoms with Gasteiger partial charge in [-0.3, -0.25) is 0 Å². The second-order valence-electron chi connectivity index (χ2n) is 1.84. The van der Waals surface area contributed by atoms with Crippen LogP contribution in [0.4, 0.5) is 5.69 Å². The molecule has 0 fully saturated rings. The van der Waals surface area contributed by atoms with Crippen molar-refractivity contribution in [2.24, 2.45) is 0 Å². The Bertz CT molecular complexity index is 215. The van der Waals surface area contributed by atoms with Crippen molar-refractivity contribution < 1.29 is 5.32 Å². The van der Waals surface area contributed by atoms with Crippen LogP contribution in [0.25, 0.3) is 0 Å². The van der Waals surface area contributed by atoms with Crippen molar-refractivity contribution >= 4 is 28.9 Å². The Hall–Kier alpha value is -0.240. The first-order valence-corrected chi connectivity index (χ1v) is 3.57. The van der Waals surface area contributed by atoms with Crippen molar-refractivity contribution in [1.82, 2.24) is 0 Å². The van der Waals surface area contributed by atoms with Gasteiger partial charge in [-0.15, -0.1) is 7.05 Å². The van der Waals surface area contributed by atoms with Gasteiger partial charge in [-0.05, 0) is 12.1 Å². The van der Waals surface area contributed by atoms with Gasteiger partial charge < -0.3 is 5.32 Å². The van der Waals surface area contributed by atoms with E-state index in [4.69, 9.17) is 23.2 Å². The van der Waals surface area contributed by atoms with Crippen LogP contribution < -0.4 is 5.32 Å². The van der Waals surface area contributed by atoms with Gasteiger partial charge in [-0.2, -0.15) is 0 Å². The summed E-state index contributed by atoms with van der Waals surface area (Å²) in [6.07, 6.45) is 0. The van der Waals surface area contributed by atoms with Crippen molar-refractivity contribution in [2.75, 3.05) is 0 Å². The Morgan fingerprint density at radius 3 is 2.00 bits per heavy atom. The van der Waals surface area contributed by atoms with Crippen LogP contribution in [0.1, 0.15) is 0 Å². The van der Waals surface area contributed by atoms with E-state index in [1.54, 1.807) is 23.5 Å². The van der Waals surface area contributed by atoms with E-state index in [1.165, 1.54) is 0 Å². The molecule has 0 aliphatic carbocycles. The molecule has 1 nitrogen and oxygen atoms in total. The fourth-order valence-electron chi connectivity index (χ4n) is 0.706. The lowest BCUT2D eigenvalue weighted by molar-refractivity contribution is -0.504. The largest absolute Gasteiger partial charge is 0.443 e. The molecule has 3 heteroatoms. The van der Waals surface area contributed by atoms with Crippen LogP contribution in [0.15, 0.2) is 18.2 Å². The van der Waals surface area contributed by atoms with Crippen LogP contribution >= 0.6 is 23.2 Å². The summed E-state index contributed by atoms with van der Waals surface area (Å²) in [5.74, 6) is 0. The van der Waals surface area contributed by atoms with Gasteiger partial charge in [0.1, 0.15) is 15.7 Å². The van der Waals surface area contributed by atoms with Gasteiger partial charge in [0.15, 0.2) is 0 Å². The van der Waals surface area contributed by atoms with Crippen LogP contribution in [0, 0.1) is 7.05 Å². The maximum Gasteiger partial charge on any atom is 0.141 e. The highest BCUT2D eigenvalue weighted by Gasteiger charge is 2.02. The highest BCUT2D eigenvalue weighted by molar-refractivity contribution is 6.38. The minimum Gasteiger partial charge on any atom is -0.443 e. The van der Waals surface area contributed by atoms with Crippen molar-refractivity contribution in [1.29, 1.82) is 0 Å². The average Bonchev–Trinajstić information content (AvgIpc) is 1.88. The number of nitrogens with two attached hydrogens (primary N) is 1. The maximum atomic E-state index is 5.77. The molecule has 0 aliphatic heterocycles. The molecule has 0 unspecified atom stereocenters. The number of benzene rings is 1. The number of hydrogen-bond donors (Lipinski definition) is 1. The summed E-state index contributed by atoms with van der Waals surface area (Å²) in [5, 5.41) is 2.93. The molecule has 1 rings (SSSR count). The second kappa shape index (κ2) is 3.24. The minimum atomic E-state index is 0.641. The third-order valence-corrected chi connectivity index (χ3v) is 1.86. The fraction of sp³-hybridized carbons (Fsp3) is 0. The first-order chi connectivity index (χ1) is 4.75. The molecular weight excluding hydrogens is 169 g/mol. The summed E-state index contributed by atoms with van der Waals surface area (Å²) in [5.41, 5.74) is 0.797. The normalized spacial score (nSPS) is 9.90. The van der Waals surface area contributed by atoms with Gasteiger partial charge in [-0.25, -0.2) is 0 Å². The Kier molecular flexibility index (Phi) is 2.55. The Labute approximate surface area is 70.0 Å². The summed E-state index contributed by atoms with van der Waals surface area (Å²) in [4.78, 5) is 0. The molecule has 0 radical (unpaired) electrons. The molecule has 0 saturated carbocycles. The van der Waals surface area contributed by atoms with Crippen LogP contribution in [0.3, 0.4) is 0 Å². The second-order valence-corrected chi connectivity index (χ2v) is 2.65. The summed E-state index contributed by atoms with van der Waals surface area (Å²) in [6, 6.07) is 5.37. The SMILES string of the molecule is [CH2-][NH2+]c1c(Cl)cccc1Cl. The van der Waals surface area contributed by atoms with Crippen molar-refractivity contribution in [3.8, 4) is 0 Å². The van der Waals surface area contributed by atoms with Gasteiger partial charge in [0.25, 0.3) is 0 Å². The molecule has 2 N–H and O–H groups in total. The van der Waals surface area contributed by atoms with E-state index in [0.29, 0.717) is 10.0 Å². The predicted octanol–water partition coefficient (Wildman–Crippen LogP) is 1.98. The van der Waals surface area contributed by atoms with Crippen molar-refractivity contribution in [3.05, 3.63) is 35.3 Å². The van der Waals surface area contributed by atoms with E-state index in [2.05, 4.69) is 7.05 Å². The monoisotopic (exact) mass is 175 g/mol. The minimum absolute atomic E-state index is 0.641. The average molecular weight is 176 g/mol. The highest BCUT2D eigenvalue weighted by Crippen LogP contribution is 2.24. The smallest absolute Gasteiger partial charge is 0.141 e. The molecule has 54 valence electrons. The number of hydrogen-bond acceptors (Lipinski definition) is 0. The summed E-state index contributed by atoms with van der Waals surface area (Å²) in [7, 11) is 3.58. The zero-order valence-electron chi connectivity index (χ0n) is 5.27. The quantitative estimate of drug-likeness (QED) is 0.497. The Morgan fingerprint density at radius 2 is 1.70 bits per heavy atom. The molecule has 0 aromatic heterocycles. The topological polar surface area (TPSA) is 16.6 Å². The highest BCUT2D eigenvalue weighted by atomic mass is 35.5. The zero-order valence-corrected chi connectivity index (χ0v) is 6.78. The van der Waals surface area contributed by atoms with Gasteiger partial charge in [0.05, 0.1) is 0 Å². The van der Waals surface area contributed by atoms with E-state index >= 15 is 0 Å². The fourth-order valence-corrected chi connectivity index (χ4v) is 1.26. The number of para-hydroxylation sites is 1. The van der Waals surface area contributed by atoms with Crippen LogP contribution in [-0.2, 0) is 0 Å². The predicted molar refractivity (Wildman–Crippen MR) is 43.4 cm³/mol. The third-order valence-electron chi connectivity index (χ3n) is 1.20. The van der Waals surface area contributed by atoms with E-state index in [1.807, 2.05) is 0 Å². The third kappa shape index (κ3) is 1.43. The zero-order chi connectivity index (χ0) is 7.56. The molecular formula is C7H7Cl2N. The first kappa shape index (κ1) is 7.86. The lowest BCUT2D eigenvalue weighted by Gasteiger charge is -2.02. The van der Waals surface area contributed by atoms with Gasteiger partial charge >= 0.3 is 0 Å². The van der Waals surface area contributed by atoms with E-state index in [0.717, 1.165) is 5.69 Å². The van der Waals surface area contributed by atoms with Crippen molar-refractivity contribution in [2.45, 2.75) is 0 Å². The van der Waals surface area contributed by atoms with Crippen LogP contribution in [-0.4, -0.2) is 0 Å². The molecule has 0 bridgehead atoms. The van der Waals surface area contributed by atoms with Gasteiger partial charge in [0, 0.05) is 0 Å². The summed E-state index contributed by atoms with van der Waals surface area (Å²) < 4.78 is 0. The molecule has 0 heterocycles. The number of halogens is 2. The Morgan fingerprint density at radius 1 is 1.20 bits per heavy atom. The lowest BCUT2D eigenvalue weighted by atomic mass is 10.3. The molecule has 0 saturated heterocycles. The molecule has 0 spiro atoms. The van der Waals surface area contributed by atoms with E-state index < -0.39 is 0 Å². The Balaban J connectivity index is 3.17. The van der Waals surface area contributed by atoms with Crippen LogP contribution in [0.5, 0.6) is 0 Å². The van der Waals surface area contributed by atoms with Gasteiger partial charge in [-0.1, -0.05) is 29.3 Å². The lowest BCUT2D eigenvalue weighted by Crippen LogP contribution is -2.70. The van der Waals surface area contributed by atoms with Gasteiger partial charge in [0.2, 0.25) is 0 Å². The standard InChI is InChI=1S/C7H7Cl2N/c1-10-7-5(8)3-2-4-6(7)9/h2-4H,1,10H2. The molecule has 1 aromatic rings. The molecule has 0 aliphatic rings. The summed E-state index contributed by atoms with van der Waals surface area (Å²) >= 11 is 11.5. The molecule has 1 aromatic carbocycles. The molecule has 0 amide bonds. The van der Waals surface area contributed by atoms with E-state index in [9.17, 15) is 0 Å². The maximum absolute atomic E-state index is 5.77. The first-order valence-electron chi connectivity index (χ1n) is 2.82.